The van der Waals surface area contributed by atoms with Gasteiger partial charge in [-0.25, -0.2) is 9.97 Å². The van der Waals surface area contributed by atoms with E-state index in [2.05, 4.69) is 31.6 Å². The summed E-state index contributed by atoms with van der Waals surface area (Å²) in [6.45, 7) is 4.69. The zero-order valence-electron chi connectivity index (χ0n) is 16.8. The third kappa shape index (κ3) is 3.63. The summed E-state index contributed by atoms with van der Waals surface area (Å²) in [5.74, 6) is 1.73. The SMILES string of the molecule is N#CCCN1CCC(n2c(CC3CCCOC3)nc3cnc4[nH]ccc4c32)CC1. The van der Waals surface area contributed by atoms with Gasteiger partial charge in [0.15, 0.2) is 0 Å². The van der Waals surface area contributed by atoms with Gasteiger partial charge in [-0.15, -0.1) is 0 Å². The Balaban J connectivity index is 1.50. The van der Waals surface area contributed by atoms with Crippen LogP contribution in [-0.2, 0) is 11.2 Å². The molecule has 2 aliphatic rings. The average molecular weight is 393 g/mol. The lowest BCUT2D eigenvalue weighted by Gasteiger charge is -2.33. The number of hydrogen-bond donors (Lipinski definition) is 1. The number of fused-ring (bicyclic) bond motifs is 3. The molecule has 7 heteroatoms. The van der Waals surface area contributed by atoms with Crippen LogP contribution in [0, 0.1) is 17.2 Å². The van der Waals surface area contributed by atoms with Gasteiger partial charge in [0.1, 0.15) is 17.0 Å². The second-order valence-electron chi connectivity index (χ2n) is 8.40. The number of nitrogens with zero attached hydrogens (tertiary/aromatic N) is 5. The van der Waals surface area contributed by atoms with Crippen LogP contribution in [0.25, 0.3) is 22.1 Å². The molecule has 7 nitrogen and oxygen atoms in total. The van der Waals surface area contributed by atoms with Crippen LogP contribution in [-0.4, -0.2) is 57.3 Å². The zero-order chi connectivity index (χ0) is 19.6. The summed E-state index contributed by atoms with van der Waals surface area (Å²) < 4.78 is 8.25. The Morgan fingerprint density at radius 2 is 2.17 bits per heavy atom. The van der Waals surface area contributed by atoms with Crippen LogP contribution < -0.4 is 0 Å². The number of imidazole rings is 1. The van der Waals surface area contributed by atoms with E-state index in [-0.39, 0.29) is 0 Å². The number of ether oxygens (including phenoxy) is 1. The van der Waals surface area contributed by atoms with Crippen LogP contribution in [0.4, 0.5) is 0 Å². The van der Waals surface area contributed by atoms with E-state index in [0.29, 0.717) is 18.4 Å². The highest BCUT2D eigenvalue weighted by molar-refractivity contribution is 6.01. The number of hydrogen-bond acceptors (Lipinski definition) is 5. The van der Waals surface area contributed by atoms with E-state index in [9.17, 15) is 0 Å². The van der Waals surface area contributed by atoms with Crippen molar-refractivity contribution in [1.82, 2.24) is 24.4 Å². The van der Waals surface area contributed by atoms with E-state index in [0.717, 1.165) is 75.1 Å². The minimum Gasteiger partial charge on any atom is -0.381 e. The molecule has 152 valence electrons. The summed E-state index contributed by atoms with van der Waals surface area (Å²) in [6, 6.07) is 4.84. The van der Waals surface area contributed by atoms with E-state index >= 15 is 0 Å². The number of piperidine rings is 1. The van der Waals surface area contributed by atoms with Crippen LogP contribution in [0.5, 0.6) is 0 Å². The number of aromatic amines is 1. The fourth-order valence-electron chi connectivity index (χ4n) is 5.01. The monoisotopic (exact) mass is 392 g/mol. The number of nitrogens with one attached hydrogen (secondary N) is 1. The van der Waals surface area contributed by atoms with Gasteiger partial charge < -0.3 is 19.2 Å². The lowest BCUT2D eigenvalue weighted by molar-refractivity contribution is 0.0537. The van der Waals surface area contributed by atoms with E-state index in [1.807, 2.05) is 12.4 Å². The summed E-state index contributed by atoms with van der Waals surface area (Å²) in [4.78, 5) is 15.3. The Morgan fingerprint density at radius 3 is 2.97 bits per heavy atom. The fraction of sp³-hybridized carbons (Fsp3) is 0.591. The lowest BCUT2D eigenvalue weighted by atomic mass is 9.97. The quantitative estimate of drug-likeness (QED) is 0.719. The van der Waals surface area contributed by atoms with Gasteiger partial charge >= 0.3 is 0 Å². The van der Waals surface area contributed by atoms with Gasteiger partial charge in [0.25, 0.3) is 0 Å². The Bertz CT molecular complexity index is 1020. The molecule has 2 fully saturated rings. The molecule has 0 aromatic carbocycles. The molecule has 0 spiro atoms. The molecule has 3 aromatic heterocycles. The molecule has 0 saturated carbocycles. The third-order valence-electron chi connectivity index (χ3n) is 6.50. The maximum absolute atomic E-state index is 8.88. The largest absolute Gasteiger partial charge is 0.381 e. The van der Waals surface area contributed by atoms with Crippen molar-refractivity contribution in [2.24, 2.45) is 5.92 Å². The molecule has 2 saturated heterocycles. The number of likely N-dealkylation sites (tertiary alicyclic amines) is 1. The second kappa shape index (κ2) is 8.13. The van der Waals surface area contributed by atoms with E-state index in [1.54, 1.807) is 0 Å². The number of aromatic nitrogens is 4. The van der Waals surface area contributed by atoms with Gasteiger partial charge in [-0.1, -0.05) is 0 Å². The molecule has 0 aliphatic carbocycles. The standard InChI is InChI=1S/C22H28N6O/c23-7-2-9-27-10-5-17(6-11-27)28-20(13-16-3-1-12-29-15-16)26-19-14-25-22-18(21(19)28)4-8-24-22/h4,8,14,16-17H,1-3,5-6,9-13,15H2,(H,24,25). The third-order valence-corrected chi connectivity index (χ3v) is 6.50. The van der Waals surface area contributed by atoms with Crippen molar-refractivity contribution in [2.45, 2.75) is 44.6 Å². The molecule has 1 unspecified atom stereocenters. The Labute approximate surface area is 170 Å². The van der Waals surface area contributed by atoms with E-state index in [4.69, 9.17) is 15.0 Å². The van der Waals surface area contributed by atoms with Crippen LogP contribution >= 0.6 is 0 Å². The molecule has 29 heavy (non-hydrogen) atoms. The molecule has 0 amide bonds. The summed E-state index contributed by atoms with van der Waals surface area (Å²) in [5, 5.41) is 10.0. The maximum Gasteiger partial charge on any atom is 0.139 e. The van der Waals surface area contributed by atoms with Crippen molar-refractivity contribution >= 4 is 22.1 Å². The topological polar surface area (TPSA) is 82.8 Å². The summed E-state index contributed by atoms with van der Waals surface area (Å²) in [7, 11) is 0. The molecular weight excluding hydrogens is 364 g/mol. The van der Waals surface area contributed by atoms with Gasteiger partial charge in [0, 0.05) is 63.3 Å². The number of nitriles is 1. The molecule has 1 N–H and O–H groups in total. The van der Waals surface area contributed by atoms with E-state index < -0.39 is 0 Å². The molecule has 5 heterocycles. The van der Waals surface area contributed by atoms with E-state index in [1.165, 1.54) is 17.8 Å². The summed E-state index contributed by atoms with van der Waals surface area (Å²) in [6.07, 6.45) is 10.0. The van der Waals surface area contributed by atoms with Crippen molar-refractivity contribution in [1.29, 1.82) is 5.26 Å². The molecule has 0 radical (unpaired) electrons. The van der Waals surface area contributed by atoms with Crippen molar-refractivity contribution in [3.05, 3.63) is 24.3 Å². The molecule has 5 rings (SSSR count). The first kappa shape index (κ1) is 18.6. The first-order valence-corrected chi connectivity index (χ1v) is 10.8. The van der Waals surface area contributed by atoms with Gasteiger partial charge in [0.05, 0.1) is 17.8 Å². The Hall–Kier alpha value is -2.43. The predicted molar refractivity (Wildman–Crippen MR) is 112 cm³/mol. The fourth-order valence-corrected chi connectivity index (χ4v) is 5.01. The molecule has 0 bridgehead atoms. The van der Waals surface area contributed by atoms with Crippen molar-refractivity contribution < 1.29 is 4.74 Å². The molecule has 3 aromatic rings. The smallest absolute Gasteiger partial charge is 0.139 e. The van der Waals surface area contributed by atoms with Crippen LogP contribution in [0.2, 0.25) is 0 Å². The Kier molecular flexibility index (Phi) is 5.21. The highest BCUT2D eigenvalue weighted by Crippen LogP contribution is 2.33. The van der Waals surface area contributed by atoms with Crippen molar-refractivity contribution in [2.75, 3.05) is 32.8 Å². The number of pyridine rings is 1. The normalized spacial score (nSPS) is 21.7. The Morgan fingerprint density at radius 1 is 1.28 bits per heavy atom. The van der Waals surface area contributed by atoms with Gasteiger partial charge in [0.2, 0.25) is 0 Å². The van der Waals surface area contributed by atoms with Crippen LogP contribution in [0.1, 0.15) is 44.0 Å². The van der Waals surface area contributed by atoms with Crippen LogP contribution in [0.15, 0.2) is 18.5 Å². The predicted octanol–water partition coefficient (Wildman–Crippen LogP) is 3.43. The summed E-state index contributed by atoms with van der Waals surface area (Å²) in [5.41, 5.74) is 3.15. The highest BCUT2D eigenvalue weighted by atomic mass is 16.5. The van der Waals surface area contributed by atoms with Gasteiger partial charge in [-0.3, -0.25) is 0 Å². The zero-order valence-corrected chi connectivity index (χ0v) is 16.8. The summed E-state index contributed by atoms with van der Waals surface area (Å²) >= 11 is 0. The number of rotatable bonds is 5. The minimum atomic E-state index is 0.443. The van der Waals surface area contributed by atoms with Crippen molar-refractivity contribution in [3.63, 3.8) is 0 Å². The molecule has 2 aliphatic heterocycles. The first-order chi connectivity index (χ1) is 14.3. The van der Waals surface area contributed by atoms with Gasteiger partial charge in [-0.2, -0.15) is 5.26 Å². The molecule has 1 atom stereocenters. The second-order valence-corrected chi connectivity index (χ2v) is 8.40. The lowest BCUT2D eigenvalue weighted by Crippen LogP contribution is -2.35. The van der Waals surface area contributed by atoms with Gasteiger partial charge in [-0.05, 0) is 37.7 Å². The van der Waals surface area contributed by atoms with Crippen molar-refractivity contribution in [3.8, 4) is 6.07 Å². The average Bonchev–Trinajstić information content (AvgIpc) is 3.37. The molecular formula is C22H28N6O. The number of H-pyrrole nitrogens is 1. The highest BCUT2D eigenvalue weighted by Gasteiger charge is 2.27. The minimum absolute atomic E-state index is 0.443. The first-order valence-electron chi connectivity index (χ1n) is 10.8. The van der Waals surface area contributed by atoms with Crippen LogP contribution in [0.3, 0.4) is 0 Å². The maximum atomic E-state index is 8.88.